The monoisotopic (exact) mass is 368 g/mol. The minimum absolute atomic E-state index is 0.0722. The van der Waals surface area contributed by atoms with E-state index in [0.717, 1.165) is 57.3 Å². The fourth-order valence-corrected chi connectivity index (χ4v) is 5.33. The fourth-order valence-electron chi connectivity index (χ4n) is 5.33. The van der Waals surface area contributed by atoms with Crippen molar-refractivity contribution < 1.29 is 9.59 Å². The molecule has 146 valence electrons. The van der Waals surface area contributed by atoms with Gasteiger partial charge in [-0.2, -0.15) is 0 Å². The Labute approximate surface area is 162 Å². The van der Waals surface area contributed by atoms with Gasteiger partial charge < -0.3 is 9.80 Å². The van der Waals surface area contributed by atoms with Crippen LogP contribution in [0.25, 0.3) is 0 Å². The molecule has 1 aromatic rings. The van der Waals surface area contributed by atoms with E-state index in [2.05, 4.69) is 36.9 Å². The maximum absolute atomic E-state index is 13.2. The predicted octanol–water partition coefficient (Wildman–Crippen LogP) is 4.03. The van der Waals surface area contributed by atoms with Crippen LogP contribution in [-0.2, 0) is 16.0 Å². The average Bonchev–Trinajstić information content (AvgIpc) is 3.02. The number of para-hydroxylation sites is 1. The predicted molar refractivity (Wildman–Crippen MR) is 108 cm³/mol. The summed E-state index contributed by atoms with van der Waals surface area (Å²) in [6.45, 7) is 6.22. The average molecular weight is 369 g/mol. The second kappa shape index (κ2) is 7.65. The number of anilines is 1. The van der Waals surface area contributed by atoms with E-state index >= 15 is 0 Å². The number of benzene rings is 1. The lowest BCUT2D eigenvalue weighted by Crippen LogP contribution is -2.45. The zero-order chi connectivity index (χ0) is 19.0. The van der Waals surface area contributed by atoms with Crippen LogP contribution in [0, 0.1) is 17.8 Å². The molecule has 2 heterocycles. The van der Waals surface area contributed by atoms with Crippen LogP contribution in [0.5, 0.6) is 0 Å². The molecule has 4 heteroatoms. The highest BCUT2D eigenvalue weighted by atomic mass is 16.2. The number of fused-ring (bicyclic) bond motifs is 1. The maximum atomic E-state index is 13.2. The molecule has 2 atom stereocenters. The first-order valence-corrected chi connectivity index (χ1v) is 10.7. The number of carbonyl (C=O) groups excluding carboxylic acids is 2. The van der Waals surface area contributed by atoms with Crippen molar-refractivity contribution in [3.8, 4) is 0 Å². The highest BCUT2D eigenvalue weighted by Crippen LogP contribution is 2.37. The molecule has 1 saturated carbocycles. The van der Waals surface area contributed by atoms with Crippen LogP contribution >= 0.6 is 0 Å². The van der Waals surface area contributed by atoms with Crippen LogP contribution in [0.1, 0.15) is 57.9 Å². The third-order valence-corrected chi connectivity index (χ3v) is 6.84. The van der Waals surface area contributed by atoms with E-state index in [0.29, 0.717) is 11.8 Å². The molecule has 0 aromatic heterocycles. The molecular weight excluding hydrogens is 336 g/mol. The van der Waals surface area contributed by atoms with Gasteiger partial charge in [0.25, 0.3) is 0 Å². The Hall–Kier alpha value is -1.84. The van der Waals surface area contributed by atoms with Gasteiger partial charge in [-0.05, 0) is 69.4 Å². The molecule has 1 aliphatic carbocycles. The quantitative estimate of drug-likeness (QED) is 0.791. The molecule has 0 spiro atoms. The number of hydrogen-bond donors (Lipinski definition) is 0. The summed E-state index contributed by atoms with van der Waals surface area (Å²) in [5, 5.41) is 0. The molecule has 2 unspecified atom stereocenters. The number of piperidine rings is 1. The van der Waals surface area contributed by atoms with Gasteiger partial charge in [-0.15, -0.1) is 0 Å². The zero-order valence-corrected chi connectivity index (χ0v) is 16.7. The Bertz CT molecular complexity index is 708. The Kier molecular flexibility index (Phi) is 5.25. The molecule has 27 heavy (non-hydrogen) atoms. The van der Waals surface area contributed by atoms with E-state index in [4.69, 9.17) is 0 Å². The largest absolute Gasteiger partial charge is 0.342 e. The summed E-state index contributed by atoms with van der Waals surface area (Å²) in [5.74, 6) is 1.43. The van der Waals surface area contributed by atoms with Crippen molar-refractivity contribution in [1.82, 2.24) is 4.90 Å². The third kappa shape index (κ3) is 3.63. The van der Waals surface area contributed by atoms with Crippen molar-refractivity contribution >= 4 is 17.5 Å². The molecular formula is C23H32N2O2. The Balaban J connectivity index is 1.37. The van der Waals surface area contributed by atoms with E-state index in [1.807, 2.05) is 11.0 Å². The van der Waals surface area contributed by atoms with E-state index in [9.17, 15) is 9.59 Å². The minimum Gasteiger partial charge on any atom is -0.342 e. The van der Waals surface area contributed by atoms with E-state index in [1.165, 1.54) is 12.0 Å². The normalized spacial score (nSPS) is 30.9. The third-order valence-electron chi connectivity index (χ3n) is 6.84. The van der Waals surface area contributed by atoms with Gasteiger partial charge in [0.1, 0.15) is 0 Å². The number of carbonyl (C=O) groups is 2. The molecule has 0 bridgehead atoms. The van der Waals surface area contributed by atoms with Crippen molar-refractivity contribution in [3.05, 3.63) is 29.8 Å². The van der Waals surface area contributed by atoms with Crippen LogP contribution in [0.3, 0.4) is 0 Å². The minimum atomic E-state index is 0.0722. The Morgan fingerprint density at radius 2 is 1.59 bits per heavy atom. The van der Waals surface area contributed by atoms with Crippen LogP contribution < -0.4 is 4.90 Å². The van der Waals surface area contributed by atoms with Crippen LogP contribution in [0.15, 0.2) is 24.3 Å². The first-order valence-electron chi connectivity index (χ1n) is 10.7. The Morgan fingerprint density at radius 1 is 0.926 bits per heavy atom. The summed E-state index contributed by atoms with van der Waals surface area (Å²) < 4.78 is 0. The van der Waals surface area contributed by atoms with Crippen LogP contribution in [0.2, 0.25) is 0 Å². The van der Waals surface area contributed by atoms with Gasteiger partial charge in [0.2, 0.25) is 11.8 Å². The van der Waals surface area contributed by atoms with Crippen molar-refractivity contribution in [3.63, 3.8) is 0 Å². The highest BCUT2D eigenvalue weighted by molar-refractivity contribution is 5.97. The van der Waals surface area contributed by atoms with Gasteiger partial charge in [-0.25, -0.2) is 0 Å². The summed E-state index contributed by atoms with van der Waals surface area (Å²) >= 11 is 0. The maximum Gasteiger partial charge on any atom is 0.230 e. The van der Waals surface area contributed by atoms with Crippen molar-refractivity contribution in [2.45, 2.75) is 64.8 Å². The second-order valence-corrected chi connectivity index (χ2v) is 8.97. The van der Waals surface area contributed by atoms with Crippen molar-refractivity contribution in [2.24, 2.45) is 17.8 Å². The molecule has 0 radical (unpaired) electrons. The summed E-state index contributed by atoms with van der Waals surface area (Å²) in [6, 6.07) is 8.52. The lowest BCUT2D eigenvalue weighted by Gasteiger charge is -2.36. The molecule has 4 rings (SSSR count). The van der Waals surface area contributed by atoms with Gasteiger partial charge in [0.15, 0.2) is 0 Å². The standard InChI is InChI=1S/C23H32N2O2/c1-16-6-5-13-24(15-16)22(26)18-9-11-19(12-10-18)23(27)25-17(2)14-20-7-3-4-8-21(20)25/h3-4,7-8,16-19H,5-6,9-15H2,1-2H3. The molecule has 2 aliphatic heterocycles. The van der Waals surface area contributed by atoms with E-state index in [-0.39, 0.29) is 23.8 Å². The van der Waals surface area contributed by atoms with E-state index < -0.39 is 0 Å². The molecule has 1 aromatic carbocycles. The summed E-state index contributed by atoms with van der Waals surface area (Å²) in [5.41, 5.74) is 2.37. The lowest BCUT2D eigenvalue weighted by molar-refractivity contribution is -0.139. The SMILES string of the molecule is CC1CCCN(C(=O)C2CCC(C(=O)N3c4ccccc4CC3C)CC2)C1. The topological polar surface area (TPSA) is 40.6 Å². The summed E-state index contributed by atoms with van der Waals surface area (Å²) in [7, 11) is 0. The van der Waals surface area contributed by atoms with Gasteiger partial charge in [-0.3, -0.25) is 9.59 Å². The molecule has 2 amide bonds. The van der Waals surface area contributed by atoms with Gasteiger partial charge in [0.05, 0.1) is 0 Å². The highest BCUT2D eigenvalue weighted by Gasteiger charge is 2.38. The van der Waals surface area contributed by atoms with Crippen molar-refractivity contribution in [1.29, 1.82) is 0 Å². The molecule has 4 nitrogen and oxygen atoms in total. The zero-order valence-electron chi connectivity index (χ0n) is 16.7. The molecule has 3 aliphatic rings. The van der Waals surface area contributed by atoms with Gasteiger partial charge in [0, 0.05) is 36.7 Å². The van der Waals surface area contributed by atoms with Crippen LogP contribution in [0.4, 0.5) is 5.69 Å². The van der Waals surface area contributed by atoms with Gasteiger partial charge >= 0.3 is 0 Å². The summed E-state index contributed by atoms with van der Waals surface area (Å²) in [4.78, 5) is 30.2. The number of amides is 2. The van der Waals surface area contributed by atoms with Crippen LogP contribution in [-0.4, -0.2) is 35.8 Å². The Morgan fingerprint density at radius 3 is 2.30 bits per heavy atom. The first kappa shape index (κ1) is 18.5. The van der Waals surface area contributed by atoms with Crippen molar-refractivity contribution in [2.75, 3.05) is 18.0 Å². The number of rotatable bonds is 2. The van der Waals surface area contributed by atoms with E-state index in [1.54, 1.807) is 0 Å². The molecule has 2 fully saturated rings. The number of nitrogens with zero attached hydrogens (tertiary/aromatic N) is 2. The number of likely N-dealkylation sites (tertiary alicyclic amines) is 1. The lowest BCUT2D eigenvalue weighted by atomic mass is 9.80. The summed E-state index contributed by atoms with van der Waals surface area (Å²) in [6.07, 6.45) is 6.75. The van der Waals surface area contributed by atoms with Gasteiger partial charge in [-0.1, -0.05) is 25.1 Å². The smallest absolute Gasteiger partial charge is 0.230 e. The second-order valence-electron chi connectivity index (χ2n) is 8.97. The molecule has 1 saturated heterocycles. The number of hydrogen-bond acceptors (Lipinski definition) is 2. The fraction of sp³-hybridized carbons (Fsp3) is 0.652. The molecule has 0 N–H and O–H groups in total. The first-order chi connectivity index (χ1) is 13.0.